The quantitative estimate of drug-likeness (QED) is 0.825. The summed E-state index contributed by atoms with van der Waals surface area (Å²) in [7, 11) is 0. The predicted molar refractivity (Wildman–Crippen MR) is 59.8 cm³/mol. The lowest BCUT2D eigenvalue weighted by atomic mass is 10.2. The summed E-state index contributed by atoms with van der Waals surface area (Å²) in [6.07, 6.45) is 1.93. The molecule has 15 heavy (non-hydrogen) atoms. The van der Waals surface area contributed by atoms with Gasteiger partial charge >= 0.3 is 0 Å². The topological polar surface area (TPSA) is 56.7 Å². The molecule has 78 valence electrons. The van der Waals surface area contributed by atoms with Crippen LogP contribution in [0.25, 0.3) is 5.69 Å². The van der Waals surface area contributed by atoms with Gasteiger partial charge in [-0.2, -0.15) is 0 Å². The van der Waals surface area contributed by atoms with Gasteiger partial charge in [0, 0.05) is 0 Å². The fraction of sp³-hybridized carbons (Fsp3) is 0.273. The third-order valence-corrected chi connectivity index (χ3v) is 2.28. The molecule has 1 aromatic carbocycles. The highest BCUT2D eigenvalue weighted by Crippen LogP contribution is 2.15. The van der Waals surface area contributed by atoms with Crippen LogP contribution in [0, 0.1) is 0 Å². The Labute approximate surface area is 88.7 Å². The number of hydrogen-bond acceptors (Lipinski definition) is 3. The number of rotatable bonds is 3. The fourth-order valence-electron chi connectivity index (χ4n) is 1.56. The number of benzene rings is 1. The van der Waals surface area contributed by atoms with Crippen molar-refractivity contribution in [2.45, 2.75) is 19.8 Å². The molecule has 2 aromatic rings. The monoisotopic (exact) mass is 202 g/mol. The van der Waals surface area contributed by atoms with Crippen molar-refractivity contribution in [3.8, 4) is 5.69 Å². The molecule has 0 saturated heterocycles. The lowest BCUT2D eigenvalue weighted by Gasteiger charge is -2.04. The second-order valence-electron chi connectivity index (χ2n) is 3.42. The lowest BCUT2D eigenvalue weighted by Crippen LogP contribution is -2.03. The minimum Gasteiger partial charge on any atom is -0.381 e. The van der Waals surface area contributed by atoms with Gasteiger partial charge in [0.15, 0.2) is 5.82 Å². The molecular weight excluding hydrogens is 188 g/mol. The Morgan fingerprint density at radius 1 is 1.27 bits per heavy atom. The van der Waals surface area contributed by atoms with Gasteiger partial charge in [0.2, 0.25) is 0 Å². The van der Waals surface area contributed by atoms with Gasteiger partial charge < -0.3 is 5.73 Å². The first-order chi connectivity index (χ1) is 7.33. The lowest BCUT2D eigenvalue weighted by molar-refractivity contribution is 0.746. The number of anilines is 1. The van der Waals surface area contributed by atoms with Crippen LogP contribution >= 0.6 is 0 Å². The van der Waals surface area contributed by atoms with Crippen LogP contribution in [0.15, 0.2) is 30.3 Å². The Kier molecular flexibility index (Phi) is 2.67. The average molecular weight is 202 g/mol. The van der Waals surface area contributed by atoms with Gasteiger partial charge in [-0.3, -0.25) is 0 Å². The molecule has 0 bridgehead atoms. The van der Waals surface area contributed by atoms with Crippen molar-refractivity contribution in [2.75, 3.05) is 5.73 Å². The molecule has 0 aliphatic carbocycles. The standard InChI is InChI=1S/C11H14N4/c1-2-6-10-11(12)13-14-15(10)9-7-4-3-5-8-9/h3-5,7-8H,2,6,12H2,1H3. The summed E-state index contributed by atoms with van der Waals surface area (Å²) in [5.41, 5.74) is 7.76. The molecule has 0 unspecified atom stereocenters. The van der Waals surface area contributed by atoms with Crippen molar-refractivity contribution in [3.05, 3.63) is 36.0 Å². The van der Waals surface area contributed by atoms with E-state index in [4.69, 9.17) is 5.73 Å². The van der Waals surface area contributed by atoms with Crippen LogP contribution in [0.4, 0.5) is 5.82 Å². The van der Waals surface area contributed by atoms with E-state index in [9.17, 15) is 0 Å². The summed E-state index contributed by atoms with van der Waals surface area (Å²) in [6, 6.07) is 9.91. The molecule has 0 aliphatic rings. The average Bonchev–Trinajstić information content (AvgIpc) is 2.63. The predicted octanol–water partition coefficient (Wildman–Crippen LogP) is 1.80. The zero-order chi connectivity index (χ0) is 10.7. The van der Waals surface area contributed by atoms with E-state index in [0.717, 1.165) is 24.2 Å². The molecule has 1 aromatic heterocycles. The zero-order valence-corrected chi connectivity index (χ0v) is 8.72. The van der Waals surface area contributed by atoms with Crippen LogP contribution in [0.3, 0.4) is 0 Å². The zero-order valence-electron chi connectivity index (χ0n) is 8.72. The van der Waals surface area contributed by atoms with Crippen LogP contribution in [0.5, 0.6) is 0 Å². The van der Waals surface area contributed by atoms with E-state index < -0.39 is 0 Å². The van der Waals surface area contributed by atoms with E-state index in [1.54, 1.807) is 4.68 Å². The summed E-state index contributed by atoms with van der Waals surface area (Å²) in [4.78, 5) is 0. The number of aromatic nitrogens is 3. The highest BCUT2D eigenvalue weighted by atomic mass is 15.4. The highest BCUT2D eigenvalue weighted by Gasteiger charge is 2.09. The minimum absolute atomic E-state index is 0.528. The highest BCUT2D eigenvalue weighted by molar-refractivity contribution is 5.40. The van der Waals surface area contributed by atoms with Crippen molar-refractivity contribution in [1.29, 1.82) is 0 Å². The molecule has 2 N–H and O–H groups in total. The number of nitrogen functional groups attached to an aromatic ring is 1. The van der Waals surface area contributed by atoms with Gasteiger partial charge in [0.05, 0.1) is 11.4 Å². The Balaban J connectivity index is 2.44. The number of nitrogens with two attached hydrogens (primary N) is 1. The van der Waals surface area contributed by atoms with Crippen LogP contribution < -0.4 is 5.73 Å². The largest absolute Gasteiger partial charge is 0.381 e. The Bertz CT molecular complexity index is 433. The maximum Gasteiger partial charge on any atom is 0.169 e. The first-order valence-corrected chi connectivity index (χ1v) is 5.08. The molecule has 0 radical (unpaired) electrons. The van der Waals surface area contributed by atoms with Crippen molar-refractivity contribution in [2.24, 2.45) is 0 Å². The van der Waals surface area contributed by atoms with E-state index >= 15 is 0 Å². The number of nitrogens with zero attached hydrogens (tertiary/aromatic N) is 3. The molecule has 0 fully saturated rings. The van der Waals surface area contributed by atoms with E-state index in [2.05, 4.69) is 17.2 Å². The van der Waals surface area contributed by atoms with E-state index in [1.165, 1.54) is 0 Å². The normalized spacial score (nSPS) is 10.5. The summed E-state index contributed by atoms with van der Waals surface area (Å²) in [5.74, 6) is 0.528. The summed E-state index contributed by atoms with van der Waals surface area (Å²) in [5, 5.41) is 7.95. The maximum absolute atomic E-state index is 5.77. The van der Waals surface area contributed by atoms with Crippen molar-refractivity contribution in [3.63, 3.8) is 0 Å². The van der Waals surface area contributed by atoms with Gasteiger partial charge in [0.25, 0.3) is 0 Å². The smallest absolute Gasteiger partial charge is 0.169 e. The third-order valence-electron chi connectivity index (χ3n) is 2.28. The molecule has 0 saturated carbocycles. The van der Waals surface area contributed by atoms with Gasteiger partial charge in [-0.05, 0) is 18.6 Å². The maximum atomic E-state index is 5.77. The second kappa shape index (κ2) is 4.13. The Morgan fingerprint density at radius 3 is 2.67 bits per heavy atom. The van der Waals surface area contributed by atoms with Gasteiger partial charge in [-0.25, -0.2) is 4.68 Å². The van der Waals surface area contributed by atoms with Crippen molar-refractivity contribution < 1.29 is 0 Å². The van der Waals surface area contributed by atoms with Gasteiger partial charge in [-0.15, -0.1) is 5.10 Å². The fourth-order valence-corrected chi connectivity index (χ4v) is 1.56. The van der Waals surface area contributed by atoms with Crippen LogP contribution in [0.1, 0.15) is 19.0 Å². The molecule has 1 heterocycles. The van der Waals surface area contributed by atoms with Crippen molar-refractivity contribution >= 4 is 5.82 Å². The Hall–Kier alpha value is -1.84. The van der Waals surface area contributed by atoms with E-state index in [0.29, 0.717) is 5.82 Å². The van der Waals surface area contributed by atoms with Crippen molar-refractivity contribution in [1.82, 2.24) is 15.0 Å². The summed E-state index contributed by atoms with van der Waals surface area (Å²) >= 11 is 0. The Morgan fingerprint density at radius 2 is 2.00 bits per heavy atom. The summed E-state index contributed by atoms with van der Waals surface area (Å²) in [6.45, 7) is 2.11. The molecule has 0 amide bonds. The first-order valence-electron chi connectivity index (χ1n) is 5.08. The SMILES string of the molecule is CCCc1c(N)nnn1-c1ccccc1. The van der Waals surface area contributed by atoms with E-state index in [1.807, 2.05) is 30.3 Å². The van der Waals surface area contributed by atoms with Crippen LogP contribution in [0.2, 0.25) is 0 Å². The molecule has 4 heteroatoms. The van der Waals surface area contributed by atoms with Crippen LogP contribution in [-0.2, 0) is 6.42 Å². The molecule has 0 atom stereocenters. The van der Waals surface area contributed by atoms with Gasteiger partial charge in [-0.1, -0.05) is 36.8 Å². The molecular formula is C11H14N4. The third kappa shape index (κ3) is 1.83. The molecule has 2 rings (SSSR count). The van der Waals surface area contributed by atoms with Gasteiger partial charge in [0.1, 0.15) is 0 Å². The van der Waals surface area contributed by atoms with Crippen LogP contribution in [-0.4, -0.2) is 15.0 Å². The number of hydrogen-bond donors (Lipinski definition) is 1. The molecule has 0 aliphatic heterocycles. The van der Waals surface area contributed by atoms with E-state index in [-0.39, 0.29) is 0 Å². The molecule has 0 spiro atoms. The first kappa shape index (κ1) is 9.71. The number of para-hydroxylation sites is 1. The molecule has 4 nitrogen and oxygen atoms in total. The second-order valence-corrected chi connectivity index (χ2v) is 3.42. The summed E-state index contributed by atoms with van der Waals surface area (Å²) < 4.78 is 1.80. The minimum atomic E-state index is 0.528.